The fourth-order valence-electron chi connectivity index (χ4n) is 2.79. The Kier molecular flexibility index (Phi) is 3.50. The van der Waals surface area contributed by atoms with Gasteiger partial charge in [0, 0.05) is 10.8 Å². The van der Waals surface area contributed by atoms with E-state index >= 15 is 0 Å². The first-order chi connectivity index (χ1) is 9.10. The first-order valence-corrected chi connectivity index (χ1v) is 8.02. The molecule has 1 aromatic rings. The van der Waals surface area contributed by atoms with Gasteiger partial charge in [0.05, 0.1) is 6.04 Å². The third kappa shape index (κ3) is 2.37. The molecule has 3 rings (SSSR count). The van der Waals surface area contributed by atoms with E-state index in [-0.39, 0.29) is 11.9 Å². The van der Waals surface area contributed by atoms with Gasteiger partial charge in [0.15, 0.2) is 5.60 Å². The number of hydrogen-bond donors (Lipinski definition) is 2. The molecule has 1 amide bonds. The summed E-state index contributed by atoms with van der Waals surface area (Å²) >= 11 is 7.78. The van der Waals surface area contributed by atoms with Crippen LogP contribution >= 0.6 is 23.4 Å². The summed E-state index contributed by atoms with van der Waals surface area (Å²) in [5, 5.41) is 14.0. The molecule has 3 nitrogen and oxygen atoms in total. The Labute approximate surface area is 121 Å². The average Bonchev–Trinajstić information content (AvgIpc) is 2.99. The number of fused-ring (bicyclic) bond motifs is 1. The predicted octanol–water partition coefficient (Wildman–Crippen LogP) is 2.31. The maximum Gasteiger partial charge on any atom is 0.253 e. The van der Waals surface area contributed by atoms with Gasteiger partial charge in [0.1, 0.15) is 0 Å². The number of benzene rings is 1. The van der Waals surface area contributed by atoms with Crippen molar-refractivity contribution in [2.45, 2.75) is 30.9 Å². The predicted molar refractivity (Wildman–Crippen MR) is 77.5 cm³/mol. The van der Waals surface area contributed by atoms with Crippen molar-refractivity contribution in [2.24, 2.45) is 0 Å². The lowest BCUT2D eigenvalue weighted by Crippen LogP contribution is -2.47. The Balaban J connectivity index is 1.76. The molecule has 0 saturated carbocycles. The maximum absolute atomic E-state index is 12.2. The summed E-state index contributed by atoms with van der Waals surface area (Å²) in [6.07, 6.45) is 2.28. The smallest absolute Gasteiger partial charge is 0.253 e. The first kappa shape index (κ1) is 13.3. The van der Waals surface area contributed by atoms with Crippen molar-refractivity contribution in [1.29, 1.82) is 0 Å². The van der Waals surface area contributed by atoms with Crippen LogP contribution in [0.1, 0.15) is 30.0 Å². The van der Waals surface area contributed by atoms with Crippen molar-refractivity contribution >= 4 is 29.3 Å². The minimum Gasteiger partial charge on any atom is -0.379 e. The molecule has 102 valence electrons. The first-order valence-electron chi connectivity index (χ1n) is 6.48. The summed E-state index contributed by atoms with van der Waals surface area (Å²) in [5.74, 6) is 1.10. The van der Waals surface area contributed by atoms with Gasteiger partial charge in [-0.15, -0.1) is 0 Å². The second-order valence-electron chi connectivity index (χ2n) is 5.21. The highest BCUT2D eigenvalue weighted by molar-refractivity contribution is 7.99. The topological polar surface area (TPSA) is 49.3 Å². The van der Waals surface area contributed by atoms with Crippen molar-refractivity contribution in [2.75, 3.05) is 11.5 Å². The Bertz CT molecular complexity index is 514. The van der Waals surface area contributed by atoms with E-state index in [2.05, 4.69) is 5.32 Å². The van der Waals surface area contributed by atoms with Crippen LogP contribution in [0.5, 0.6) is 0 Å². The molecule has 2 atom stereocenters. The van der Waals surface area contributed by atoms with Crippen LogP contribution in [0.15, 0.2) is 18.2 Å². The SMILES string of the molecule is O=C(NC1CCc2c(Cl)cccc21)C1(O)CCSC1. The normalized spacial score (nSPS) is 29.3. The number of carbonyl (C=O) groups excluding carboxylic acids is 1. The molecular weight excluding hydrogens is 282 g/mol. The van der Waals surface area contributed by atoms with Crippen molar-refractivity contribution < 1.29 is 9.90 Å². The van der Waals surface area contributed by atoms with Crippen LogP contribution in [-0.4, -0.2) is 28.1 Å². The summed E-state index contributed by atoms with van der Waals surface area (Å²) in [6.45, 7) is 0. The van der Waals surface area contributed by atoms with Gasteiger partial charge in [-0.2, -0.15) is 11.8 Å². The lowest BCUT2D eigenvalue weighted by Gasteiger charge is -2.23. The minimum absolute atomic E-state index is 0.0178. The number of aliphatic hydroxyl groups is 1. The molecule has 1 aliphatic heterocycles. The fraction of sp³-hybridized carbons (Fsp3) is 0.500. The van der Waals surface area contributed by atoms with E-state index in [4.69, 9.17) is 11.6 Å². The van der Waals surface area contributed by atoms with Crippen molar-refractivity contribution in [3.8, 4) is 0 Å². The molecule has 2 N–H and O–H groups in total. The average molecular weight is 298 g/mol. The number of hydrogen-bond acceptors (Lipinski definition) is 3. The molecule has 0 spiro atoms. The summed E-state index contributed by atoms with van der Waals surface area (Å²) < 4.78 is 0. The van der Waals surface area contributed by atoms with E-state index in [1.165, 1.54) is 0 Å². The molecule has 1 fully saturated rings. The Morgan fingerprint density at radius 3 is 3.11 bits per heavy atom. The van der Waals surface area contributed by atoms with Gasteiger partial charge in [0.25, 0.3) is 5.91 Å². The Morgan fingerprint density at radius 2 is 2.37 bits per heavy atom. The largest absolute Gasteiger partial charge is 0.379 e. The minimum atomic E-state index is -1.19. The Morgan fingerprint density at radius 1 is 1.53 bits per heavy atom. The summed E-state index contributed by atoms with van der Waals surface area (Å²) in [6, 6.07) is 5.78. The standard InChI is InChI=1S/C14H16ClNO2S/c15-11-3-1-2-10-9(11)4-5-12(10)16-13(17)14(18)6-7-19-8-14/h1-3,12,18H,4-8H2,(H,16,17). The van der Waals surface area contributed by atoms with Gasteiger partial charge in [-0.05, 0) is 42.2 Å². The molecule has 1 aromatic carbocycles. The van der Waals surface area contributed by atoms with Crippen molar-refractivity contribution in [1.82, 2.24) is 5.32 Å². The third-order valence-corrected chi connectivity index (χ3v) is 5.47. The lowest BCUT2D eigenvalue weighted by molar-refractivity contribution is -0.138. The molecule has 0 aromatic heterocycles. The van der Waals surface area contributed by atoms with E-state index < -0.39 is 5.60 Å². The summed E-state index contributed by atoms with van der Waals surface area (Å²) in [4.78, 5) is 12.2. The number of nitrogens with one attached hydrogen (secondary N) is 1. The monoisotopic (exact) mass is 297 g/mol. The molecule has 1 saturated heterocycles. The van der Waals surface area contributed by atoms with Gasteiger partial charge in [-0.25, -0.2) is 0 Å². The van der Waals surface area contributed by atoms with E-state index in [9.17, 15) is 9.90 Å². The summed E-state index contributed by atoms with van der Waals surface area (Å²) in [7, 11) is 0. The van der Waals surface area contributed by atoms with Crippen LogP contribution in [0.25, 0.3) is 0 Å². The number of amides is 1. The fourth-order valence-corrected chi connectivity index (χ4v) is 4.30. The molecule has 2 unspecified atom stereocenters. The molecule has 5 heteroatoms. The van der Waals surface area contributed by atoms with Crippen LogP contribution in [0.2, 0.25) is 5.02 Å². The Hall–Kier alpha value is -0.710. The highest BCUT2D eigenvalue weighted by Gasteiger charge is 2.41. The second kappa shape index (κ2) is 5.00. The van der Waals surface area contributed by atoms with Crippen LogP contribution < -0.4 is 5.32 Å². The van der Waals surface area contributed by atoms with Gasteiger partial charge in [-0.1, -0.05) is 23.7 Å². The molecule has 2 aliphatic rings. The number of rotatable bonds is 2. The van der Waals surface area contributed by atoms with E-state index in [1.54, 1.807) is 11.8 Å². The zero-order valence-corrected chi connectivity index (χ0v) is 12.1. The van der Waals surface area contributed by atoms with Crippen molar-refractivity contribution in [3.63, 3.8) is 0 Å². The molecule has 1 heterocycles. The molecular formula is C14H16ClNO2S. The van der Waals surface area contributed by atoms with Crippen molar-refractivity contribution in [3.05, 3.63) is 34.3 Å². The number of carbonyl (C=O) groups is 1. The van der Waals surface area contributed by atoms with Gasteiger partial charge >= 0.3 is 0 Å². The lowest BCUT2D eigenvalue weighted by atomic mass is 10.0. The van der Waals surface area contributed by atoms with Crippen LogP contribution in [0.3, 0.4) is 0 Å². The summed E-state index contributed by atoms with van der Waals surface area (Å²) in [5.41, 5.74) is 1.03. The molecule has 0 radical (unpaired) electrons. The molecule has 19 heavy (non-hydrogen) atoms. The number of halogens is 1. The zero-order chi connectivity index (χ0) is 13.5. The van der Waals surface area contributed by atoms with Crippen LogP contribution in [0.4, 0.5) is 0 Å². The van der Waals surface area contributed by atoms with E-state index in [1.807, 2.05) is 18.2 Å². The second-order valence-corrected chi connectivity index (χ2v) is 6.72. The van der Waals surface area contributed by atoms with E-state index in [0.29, 0.717) is 12.2 Å². The maximum atomic E-state index is 12.2. The molecule has 0 bridgehead atoms. The third-order valence-electron chi connectivity index (χ3n) is 3.94. The van der Waals surface area contributed by atoms with Gasteiger partial charge < -0.3 is 10.4 Å². The van der Waals surface area contributed by atoms with Gasteiger partial charge in [0.2, 0.25) is 0 Å². The zero-order valence-electron chi connectivity index (χ0n) is 10.5. The van der Waals surface area contributed by atoms with Gasteiger partial charge in [-0.3, -0.25) is 4.79 Å². The number of thioether (sulfide) groups is 1. The highest BCUT2D eigenvalue weighted by atomic mass is 35.5. The van der Waals surface area contributed by atoms with E-state index in [0.717, 1.165) is 34.7 Å². The highest BCUT2D eigenvalue weighted by Crippen LogP contribution is 2.36. The van der Waals surface area contributed by atoms with Crippen LogP contribution in [-0.2, 0) is 11.2 Å². The molecule has 1 aliphatic carbocycles. The quantitative estimate of drug-likeness (QED) is 0.881. The van der Waals surface area contributed by atoms with Crippen LogP contribution in [0, 0.1) is 0 Å².